The van der Waals surface area contributed by atoms with Crippen LogP contribution in [0, 0.1) is 0 Å². The maximum atomic E-state index is 6.30. The average molecular weight is 341 g/mol. The molecule has 0 fully saturated rings. The van der Waals surface area contributed by atoms with Crippen molar-refractivity contribution >= 4 is 23.2 Å². The highest BCUT2D eigenvalue weighted by Crippen LogP contribution is 2.39. The third-order valence-corrected chi connectivity index (χ3v) is 4.75. The minimum atomic E-state index is -0.186. The van der Waals surface area contributed by atoms with Gasteiger partial charge in [0.1, 0.15) is 5.15 Å². The summed E-state index contributed by atoms with van der Waals surface area (Å²) >= 11 is 12.4. The van der Waals surface area contributed by atoms with Crippen molar-refractivity contribution in [2.45, 2.75) is 65.7 Å². The highest BCUT2D eigenvalue weighted by atomic mass is 35.5. The van der Waals surface area contributed by atoms with Gasteiger partial charge in [0.05, 0.1) is 5.69 Å². The van der Waals surface area contributed by atoms with Crippen LogP contribution < -0.4 is 0 Å². The van der Waals surface area contributed by atoms with Gasteiger partial charge < -0.3 is 0 Å². The number of nitrogens with zero attached hydrogens (tertiary/aromatic N) is 2. The molecule has 1 rings (SSSR count). The standard InChI is InChI=1S/C18H26Cl2N2/c1-6-10-11-12-13(7-2)18(5,9-4)15-14(8-3)16(19)22-17(20)21-15/h10-12H,6-9H2,1-5H3. The van der Waals surface area contributed by atoms with E-state index >= 15 is 0 Å². The Bertz CT molecular complexity index is 564. The van der Waals surface area contributed by atoms with E-state index in [9.17, 15) is 0 Å². The first-order chi connectivity index (χ1) is 10.4. The fourth-order valence-corrected chi connectivity index (χ4v) is 3.27. The van der Waals surface area contributed by atoms with Crippen LogP contribution in [0.4, 0.5) is 0 Å². The second-order valence-electron chi connectivity index (χ2n) is 5.53. The Hall–Kier alpha value is -0.860. The molecule has 0 aliphatic heterocycles. The summed E-state index contributed by atoms with van der Waals surface area (Å²) in [6.07, 6.45) is 10.2. The van der Waals surface area contributed by atoms with Crippen molar-refractivity contribution in [2.24, 2.45) is 0 Å². The second kappa shape index (κ2) is 8.69. The van der Waals surface area contributed by atoms with Crippen LogP contribution in [-0.2, 0) is 11.8 Å². The third-order valence-electron chi connectivity index (χ3n) is 4.27. The Morgan fingerprint density at radius 3 is 2.32 bits per heavy atom. The zero-order valence-electron chi connectivity index (χ0n) is 14.2. The number of hydrogen-bond acceptors (Lipinski definition) is 2. The quantitative estimate of drug-likeness (QED) is 0.330. The van der Waals surface area contributed by atoms with Gasteiger partial charge in [-0.05, 0) is 37.3 Å². The summed E-state index contributed by atoms with van der Waals surface area (Å²) in [4.78, 5) is 8.65. The molecule has 1 aromatic heterocycles. The van der Waals surface area contributed by atoms with E-state index in [0.717, 1.165) is 36.9 Å². The van der Waals surface area contributed by atoms with Gasteiger partial charge in [0.15, 0.2) is 0 Å². The van der Waals surface area contributed by atoms with E-state index in [0.29, 0.717) is 5.15 Å². The Labute approximate surface area is 144 Å². The normalized spacial score (nSPS) is 15.3. The highest BCUT2D eigenvalue weighted by Gasteiger charge is 2.33. The Balaban J connectivity index is 3.51. The molecule has 122 valence electrons. The molecule has 0 N–H and O–H groups in total. The molecule has 0 aliphatic carbocycles. The summed E-state index contributed by atoms with van der Waals surface area (Å²) in [6, 6.07) is 0. The molecular formula is C18H26Cl2N2. The number of rotatable bonds is 7. The van der Waals surface area contributed by atoms with E-state index in [1.807, 2.05) is 0 Å². The molecule has 0 amide bonds. The van der Waals surface area contributed by atoms with Crippen LogP contribution in [0.2, 0.25) is 10.4 Å². The molecule has 1 aromatic rings. The lowest BCUT2D eigenvalue weighted by molar-refractivity contribution is 0.499. The Kier molecular flexibility index (Phi) is 7.58. The number of hydrogen-bond donors (Lipinski definition) is 0. The van der Waals surface area contributed by atoms with Gasteiger partial charge in [0, 0.05) is 11.0 Å². The Morgan fingerprint density at radius 2 is 1.82 bits per heavy atom. The van der Waals surface area contributed by atoms with Crippen LogP contribution in [0.25, 0.3) is 0 Å². The molecular weight excluding hydrogens is 315 g/mol. The lowest BCUT2D eigenvalue weighted by atomic mass is 9.73. The van der Waals surface area contributed by atoms with Crippen molar-refractivity contribution < 1.29 is 0 Å². The van der Waals surface area contributed by atoms with Gasteiger partial charge in [-0.2, -0.15) is 0 Å². The molecule has 0 aromatic carbocycles. The summed E-state index contributed by atoms with van der Waals surface area (Å²) in [7, 11) is 0. The minimum Gasteiger partial charge on any atom is -0.222 e. The summed E-state index contributed by atoms with van der Waals surface area (Å²) in [5.41, 5.74) is 3.10. The van der Waals surface area contributed by atoms with E-state index in [1.54, 1.807) is 0 Å². The van der Waals surface area contributed by atoms with Crippen molar-refractivity contribution in [2.75, 3.05) is 0 Å². The van der Waals surface area contributed by atoms with Crippen molar-refractivity contribution in [3.05, 3.63) is 45.5 Å². The topological polar surface area (TPSA) is 25.8 Å². The first kappa shape index (κ1) is 19.2. The highest BCUT2D eigenvalue weighted by molar-refractivity contribution is 6.32. The Morgan fingerprint density at radius 1 is 1.14 bits per heavy atom. The molecule has 2 nitrogen and oxygen atoms in total. The number of aromatic nitrogens is 2. The molecule has 22 heavy (non-hydrogen) atoms. The molecule has 4 heteroatoms. The predicted octanol–water partition coefficient (Wildman–Crippen LogP) is 6.32. The van der Waals surface area contributed by atoms with E-state index < -0.39 is 0 Å². The maximum Gasteiger partial charge on any atom is 0.224 e. The van der Waals surface area contributed by atoms with Crippen LogP contribution in [-0.4, -0.2) is 9.97 Å². The third kappa shape index (κ3) is 4.11. The molecule has 0 bridgehead atoms. The number of allylic oxidation sites excluding steroid dienone is 4. The number of halogens is 2. The predicted molar refractivity (Wildman–Crippen MR) is 96.9 cm³/mol. The lowest BCUT2D eigenvalue weighted by Gasteiger charge is -2.32. The van der Waals surface area contributed by atoms with Crippen molar-refractivity contribution in [3.8, 4) is 0 Å². The van der Waals surface area contributed by atoms with Crippen LogP contribution in [0.1, 0.15) is 65.1 Å². The van der Waals surface area contributed by atoms with Gasteiger partial charge in [0.25, 0.3) is 0 Å². The van der Waals surface area contributed by atoms with Gasteiger partial charge in [-0.25, -0.2) is 9.97 Å². The summed E-state index contributed by atoms with van der Waals surface area (Å²) in [5.74, 6) is 0. The smallest absolute Gasteiger partial charge is 0.222 e. The van der Waals surface area contributed by atoms with E-state index in [-0.39, 0.29) is 10.7 Å². The van der Waals surface area contributed by atoms with Gasteiger partial charge >= 0.3 is 0 Å². The summed E-state index contributed by atoms with van der Waals surface area (Å²) < 4.78 is 0. The van der Waals surface area contributed by atoms with E-state index in [1.165, 1.54) is 5.57 Å². The lowest BCUT2D eigenvalue weighted by Crippen LogP contribution is -2.27. The zero-order chi connectivity index (χ0) is 16.8. The van der Waals surface area contributed by atoms with Gasteiger partial charge in [-0.3, -0.25) is 0 Å². The molecule has 1 unspecified atom stereocenters. The molecule has 1 atom stereocenters. The van der Waals surface area contributed by atoms with Crippen LogP contribution in [0.15, 0.2) is 23.8 Å². The second-order valence-corrected chi connectivity index (χ2v) is 6.23. The van der Waals surface area contributed by atoms with Gasteiger partial charge in [-0.1, -0.05) is 70.0 Å². The molecule has 0 spiro atoms. The van der Waals surface area contributed by atoms with Gasteiger partial charge in [-0.15, -0.1) is 0 Å². The largest absolute Gasteiger partial charge is 0.224 e. The summed E-state index contributed by atoms with van der Waals surface area (Å²) in [5, 5.41) is 0.688. The van der Waals surface area contributed by atoms with E-state index in [2.05, 4.69) is 62.8 Å². The fourth-order valence-electron chi connectivity index (χ4n) is 2.76. The molecule has 0 aliphatic rings. The molecule has 0 radical (unpaired) electrons. The molecule has 0 saturated heterocycles. The minimum absolute atomic E-state index is 0.186. The molecule has 1 heterocycles. The van der Waals surface area contributed by atoms with Gasteiger partial charge in [0.2, 0.25) is 5.28 Å². The van der Waals surface area contributed by atoms with E-state index in [4.69, 9.17) is 23.2 Å². The molecule has 0 saturated carbocycles. The summed E-state index contributed by atoms with van der Waals surface area (Å²) in [6.45, 7) is 10.8. The van der Waals surface area contributed by atoms with Crippen molar-refractivity contribution in [1.82, 2.24) is 9.97 Å². The maximum absolute atomic E-state index is 6.30. The van der Waals surface area contributed by atoms with Crippen molar-refractivity contribution in [1.29, 1.82) is 0 Å². The van der Waals surface area contributed by atoms with Crippen molar-refractivity contribution in [3.63, 3.8) is 0 Å². The average Bonchev–Trinajstić information content (AvgIpc) is 2.50. The van der Waals surface area contributed by atoms with Crippen LogP contribution in [0.5, 0.6) is 0 Å². The van der Waals surface area contributed by atoms with Crippen LogP contribution >= 0.6 is 23.2 Å². The fraction of sp³-hybridized carbons (Fsp3) is 0.556. The first-order valence-electron chi connectivity index (χ1n) is 8.03. The zero-order valence-corrected chi connectivity index (χ0v) is 15.7. The monoisotopic (exact) mass is 340 g/mol. The first-order valence-corrected chi connectivity index (χ1v) is 8.78. The van der Waals surface area contributed by atoms with Crippen LogP contribution in [0.3, 0.4) is 0 Å². The SMILES string of the molecule is CCC=CC=C(CC)C(C)(CC)c1nc(Cl)nc(Cl)c1CC.